The minimum absolute atomic E-state index is 0.371. The van der Waals surface area contributed by atoms with E-state index < -0.39 is 0 Å². The van der Waals surface area contributed by atoms with Gasteiger partial charge in [0.25, 0.3) is 0 Å². The molecule has 4 nitrogen and oxygen atoms in total. The molecule has 2 aromatic carbocycles. The number of fused-ring (bicyclic) bond motifs is 1. The van der Waals surface area contributed by atoms with Crippen molar-refractivity contribution in [1.82, 2.24) is 4.90 Å². The van der Waals surface area contributed by atoms with Gasteiger partial charge in [0.2, 0.25) is 0 Å². The van der Waals surface area contributed by atoms with E-state index in [9.17, 15) is 4.79 Å². The van der Waals surface area contributed by atoms with Crippen molar-refractivity contribution in [2.45, 2.75) is 32.4 Å². The molecule has 1 atom stereocenters. The molecule has 0 aliphatic carbocycles. The SMILES string of the molecule is CCCCN(CC1CN=CN1Cc1ccccc1)c1ccc2sc(C=O)cc2c1. The highest BCUT2D eigenvalue weighted by molar-refractivity contribution is 7.20. The highest BCUT2D eigenvalue weighted by atomic mass is 32.1. The quantitative estimate of drug-likeness (QED) is 0.457. The van der Waals surface area contributed by atoms with Gasteiger partial charge in [-0.1, -0.05) is 43.7 Å². The molecule has 5 heteroatoms. The summed E-state index contributed by atoms with van der Waals surface area (Å²) in [6.45, 7) is 5.94. The van der Waals surface area contributed by atoms with Crippen molar-refractivity contribution >= 4 is 39.7 Å². The molecule has 1 aromatic heterocycles. The highest BCUT2D eigenvalue weighted by Gasteiger charge is 2.23. The van der Waals surface area contributed by atoms with Crippen molar-refractivity contribution in [3.05, 3.63) is 65.0 Å². The number of hydrogen-bond acceptors (Lipinski definition) is 5. The summed E-state index contributed by atoms with van der Waals surface area (Å²) >= 11 is 1.56. The van der Waals surface area contributed by atoms with Crippen LogP contribution in [-0.4, -0.2) is 43.2 Å². The maximum atomic E-state index is 11.1. The Kier molecular flexibility index (Phi) is 6.25. The maximum absolute atomic E-state index is 11.1. The monoisotopic (exact) mass is 405 g/mol. The van der Waals surface area contributed by atoms with E-state index in [4.69, 9.17) is 0 Å². The lowest BCUT2D eigenvalue weighted by molar-refractivity contribution is 0.112. The Morgan fingerprint density at radius 1 is 1.21 bits per heavy atom. The molecular weight excluding hydrogens is 378 g/mol. The number of aliphatic imine (C=N–C) groups is 1. The van der Waals surface area contributed by atoms with Crippen LogP contribution in [0.5, 0.6) is 0 Å². The van der Waals surface area contributed by atoms with Crippen molar-refractivity contribution in [1.29, 1.82) is 0 Å². The van der Waals surface area contributed by atoms with Crippen LogP contribution in [0.1, 0.15) is 35.0 Å². The largest absolute Gasteiger partial charge is 0.369 e. The summed E-state index contributed by atoms with van der Waals surface area (Å²) in [5.74, 6) is 0. The molecule has 0 amide bonds. The fourth-order valence-corrected chi connectivity index (χ4v) is 4.69. The molecule has 1 unspecified atom stereocenters. The molecule has 0 spiro atoms. The zero-order chi connectivity index (χ0) is 20.1. The fraction of sp³-hybridized carbons (Fsp3) is 0.333. The lowest BCUT2D eigenvalue weighted by Gasteiger charge is -2.32. The molecule has 0 N–H and O–H groups in total. The molecule has 4 rings (SSSR count). The van der Waals surface area contributed by atoms with E-state index in [1.165, 1.54) is 22.4 Å². The zero-order valence-electron chi connectivity index (χ0n) is 16.8. The second kappa shape index (κ2) is 9.23. The van der Waals surface area contributed by atoms with Gasteiger partial charge < -0.3 is 9.80 Å². The summed E-state index contributed by atoms with van der Waals surface area (Å²) in [5.41, 5.74) is 2.54. The molecular formula is C24H27N3OS. The van der Waals surface area contributed by atoms with Crippen LogP contribution in [0, 0.1) is 0 Å². The number of nitrogens with zero attached hydrogens (tertiary/aromatic N) is 3. The molecule has 29 heavy (non-hydrogen) atoms. The van der Waals surface area contributed by atoms with E-state index in [0.29, 0.717) is 6.04 Å². The minimum Gasteiger partial charge on any atom is -0.369 e. The van der Waals surface area contributed by atoms with Crippen molar-refractivity contribution in [3.63, 3.8) is 0 Å². The van der Waals surface area contributed by atoms with E-state index in [0.717, 1.165) is 49.1 Å². The maximum Gasteiger partial charge on any atom is 0.160 e. The Morgan fingerprint density at radius 2 is 2.07 bits per heavy atom. The summed E-state index contributed by atoms with van der Waals surface area (Å²) in [6.07, 6.45) is 5.28. The van der Waals surface area contributed by atoms with E-state index in [1.807, 2.05) is 12.4 Å². The molecule has 3 aromatic rings. The Labute approximate surface area is 176 Å². The number of rotatable bonds is 9. The molecule has 1 aliphatic rings. The predicted molar refractivity (Wildman–Crippen MR) is 123 cm³/mol. The fourth-order valence-electron chi connectivity index (χ4n) is 3.83. The first-order chi connectivity index (χ1) is 14.3. The van der Waals surface area contributed by atoms with Crippen molar-refractivity contribution in [2.24, 2.45) is 4.99 Å². The second-order valence-corrected chi connectivity index (χ2v) is 8.70. The minimum atomic E-state index is 0.371. The molecule has 0 saturated heterocycles. The van der Waals surface area contributed by atoms with Gasteiger partial charge in [-0.05, 0) is 41.6 Å². The summed E-state index contributed by atoms with van der Waals surface area (Å²) < 4.78 is 1.17. The third-order valence-corrected chi connectivity index (χ3v) is 6.48. The van der Waals surface area contributed by atoms with Crippen molar-refractivity contribution < 1.29 is 4.79 Å². The average Bonchev–Trinajstić information content (AvgIpc) is 3.37. The van der Waals surface area contributed by atoms with Crippen LogP contribution in [0.25, 0.3) is 10.1 Å². The Morgan fingerprint density at radius 3 is 2.86 bits per heavy atom. The third kappa shape index (κ3) is 4.67. The number of carbonyl (C=O) groups excluding carboxylic acids is 1. The van der Waals surface area contributed by atoms with Gasteiger partial charge in [0.1, 0.15) is 0 Å². The normalized spacial score (nSPS) is 15.9. The van der Waals surface area contributed by atoms with Gasteiger partial charge in [0, 0.05) is 30.0 Å². The van der Waals surface area contributed by atoms with Gasteiger partial charge >= 0.3 is 0 Å². The molecule has 150 valence electrons. The Bertz CT molecular complexity index is 982. The lowest BCUT2D eigenvalue weighted by Crippen LogP contribution is -2.42. The van der Waals surface area contributed by atoms with Gasteiger partial charge in [-0.25, -0.2) is 0 Å². The van der Waals surface area contributed by atoms with Crippen molar-refractivity contribution in [3.8, 4) is 0 Å². The first-order valence-corrected chi connectivity index (χ1v) is 11.1. The number of unbranched alkanes of at least 4 members (excludes halogenated alkanes) is 1. The van der Waals surface area contributed by atoms with E-state index in [-0.39, 0.29) is 0 Å². The number of benzene rings is 2. The molecule has 0 saturated carbocycles. The van der Waals surface area contributed by atoms with Crippen LogP contribution in [0.2, 0.25) is 0 Å². The number of carbonyl (C=O) groups is 1. The van der Waals surface area contributed by atoms with Crippen LogP contribution in [0.3, 0.4) is 0 Å². The van der Waals surface area contributed by atoms with Crippen LogP contribution in [0.15, 0.2) is 59.6 Å². The summed E-state index contributed by atoms with van der Waals surface area (Å²) in [6, 6.07) is 19.5. The summed E-state index contributed by atoms with van der Waals surface area (Å²) in [5, 5.41) is 1.15. The number of aldehydes is 1. The highest BCUT2D eigenvalue weighted by Crippen LogP contribution is 2.29. The molecule has 2 heterocycles. The second-order valence-electron chi connectivity index (χ2n) is 7.58. The first kappa shape index (κ1) is 19.6. The molecule has 0 bridgehead atoms. The van der Waals surface area contributed by atoms with Gasteiger partial charge in [0.05, 0.1) is 23.8 Å². The third-order valence-electron chi connectivity index (χ3n) is 5.44. The van der Waals surface area contributed by atoms with E-state index in [1.54, 1.807) is 11.3 Å². The van der Waals surface area contributed by atoms with Crippen LogP contribution in [-0.2, 0) is 6.54 Å². The first-order valence-electron chi connectivity index (χ1n) is 10.3. The Hall–Kier alpha value is -2.66. The molecule has 0 fully saturated rings. The lowest BCUT2D eigenvalue weighted by atomic mass is 10.1. The zero-order valence-corrected chi connectivity index (χ0v) is 17.6. The van der Waals surface area contributed by atoms with E-state index >= 15 is 0 Å². The number of hydrogen-bond donors (Lipinski definition) is 0. The van der Waals surface area contributed by atoms with Crippen LogP contribution >= 0.6 is 11.3 Å². The number of thiophene rings is 1. The van der Waals surface area contributed by atoms with Crippen molar-refractivity contribution in [2.75, 3.05) is 24.5 Å². The van der Waals surface area contributed by atoms with Crippen LogP contribution in [0.4, 0.5) is 5.69 Å². The van der Waals surface area contributed by atoms with Gasteiger partial charge in [-0.2, -0.15) is 0 Å². The van der Waals surface area contributed by atoms with Gasteiger partial charge in [0.15, 0.2) is 6.29 Å². The van der Waals surface area contributed by atoms with Gasteiger partial charge in [-0.15, -0.1) is 11.3 Å². The Balaban J connectivity index is 1.52. The number of anilines is 1. The van der Waals surface area contributed by atoms with E-state index in [2.05, 4.69) is 70.2 Å². The van der Waals surface area contributed by atoms with Gasteiger partial charge in [-0.3, -0.25) is 9.79 Å². The topological polar surface area (TPSA) is 35.9 Å². The van der Waals surface area contributed by atoms with Crippen LogP contribution < -0.4 is 4.90 Å². The molecule has 0 radical (unpaired) electrons. The molecule has 1 aliphatic heterocycles. The summed E-state index contributed by atoms with van der Waals surface area (Å²) in [4.78, 5) is 21.3. The smallest absolute Gasteiger partial charge is 0.160 e. The predicted octanol–water partition coefficient (Wildman–Crippen LogP) is 5.23. The standard InChI is InChI=1S/C24H27N3OS/c1-2-3-11-26(21-9-10-24-20(12-21)13-23(17-28)29-24)16-22-14-25-18-27(22)15-19-7-5-4-6-8-19/h4-10,12-13,17-18,22H,2-3,11,14-16H2,1H3. The average molecular weight is 406 g/mol. The summed E-state index contributed by atoms with van der Waals surface area (Å²) in [7, 11) is 0.